The van der Waals surface area contributed by atoms with E-state index in [1.165, 1.54) is 0 Å². The second-order valence-corrected chi connectivity index (χ2v) is 2.10. The molecule has 2 nitrogen and oxygen atoms in total. The molecule has 1 heterocycles. The van der Waals surface area contributed by atoms with Crippen LogP contribution in [0.3, 0.4) is 0 Å². The molecule has 1 aliphatic rings. The van der Waals surface area contributed by atoms with Gasteiger partial charge < -0.3 is 0 Å². The van der Waals surface area contributed by atoms with Crippen molar-refractivity contribution in [3.8, 4) is 0 Å². The van der Waals surface area contributed by atoms with Crippen LogP contribution in [0, 0.1) is 0 Å². The molecule has 0 saturated heterocycles. The molecule has 11 heavy (non-hydrogen) atoms. The minimum atomic E-state index is 0.100. The number of ketones is 1. The Morgan fingerprint density at radius 1 is 1.27 bits per heavy atom. The number of aliphatic imine (C=N–C) groups is 1. The maximum absolute atomic E-state index is 10.9. The van der Waals surface area contributed by atoms with Gasteiger partial charge in [0.2, 0.25) is 0 Å². The fourth-order valence-corrected chi connectivity index (χ4v) is 0.674. The smallest absolute Gasteiger partial charge is 0.159 e. The molecular weight excluding hydrogens is 138 g/mol. The van der Waals surface area contributed by atoms with Gasteiger partial charge >= 0.3 is 0 Å². The van der Waals surface area contributed by atoms with Gasteiger partial charge in [-0.15, -0.1) is 0 Å². The van der Waals surface area contributed by atoms with Gasteiger partial charge in [-0.3, -0.25) is 9.79 Å². The fourth-order valence-electron chi connectivity index (χ4n) is 0.674. The number of hydrogen-bond donors (Lipinski definition) is 0. The molecule has 0 saturated carbocycles. The van der Waals surface area contributed by atoms with Crippen LogP contribution < -0.4 is 0 Å². The molecule has 0 bridgehead atoms. The summed E-state index contributed by atoms with van der Waals surface area (Å²) in [5.41, 5.74) is 0. The zero-order chi connectivity index (χ0) is 7.94. The average Bonchev–Trinajstić information content (AvgIpc) is 2.03. The quantitative estimate of drug-likeness (QED) is 0.512. The molecule has 0 aromatic heterocycles. The highest BCUT2D eigenvalue weighted by molar-refractivity contribution is 5.91. The molecule has 0 unspecified atom stereocenters. The first-order valence-electron chi connectivity index (χ1n) is 3.44. The topological polar surface area (TPSA) is 29.4 Å². The first-order chi connectivity index (χ1) is 5.39. The van der Waals surface area contributed by atoms with Crippen molar-refractivity contribution < 1.29 is 4.79 Å². The predicted molar refractivity (Wildman–Crippen MR) is 45.5 cm³/mol. The Morgan fingerprint density at radius 2 is 2.18 bits per heavy atom. The van der Waals surface area contributed by atoms with Gasteiger partial charge in [-0.05, 0) is 12.2 Å². The number of allylic oxidation sites excluding steroid dienone is 5. The molecule has 56 valence electrons. The molecule has 2 heteroatoms. The van der Waals surface area contributed by atoms with E-state index in [9.17, 15) is 4.79 Å². The maximum atomic E-state index is 10.9. The molecule has 0 spiro atoms. The Morgan fingerprint density at radius 3 is 3.09 bits per heavy atom. The summed E-state index contributed by atoms with van der Waals surface area (Å²) in [6.45, 7) is 0. The maximum Gasteiger partial charge on any atom is 0.159 e. The van der Waals surface area contributed by atoms with E-state index < -0.39 is 0 Å². The summed E-state index contributed by atoms with van der Waals surface area (Å²) in [5, 5.41) is 0. The van der Waals surface area contributed by atoms with E-state index in [1.807, 2.05) is 0 Å². The fraction of sp³-hybridized carbons (Fsp3) is 0.111. The minimum absolute atomic E-state index is 0.100. The van der Waals surface area contributed by atoms with Gasteiger partial charge in [-0.1, -0.05) is 18.2 Å². The number of carbonyl (C=O) groups excluding carboxylic acids is 1. The molecule has 0 aromatic rings. The highest BCUT2D eigenvalue weighted by Gasteiger charge is 1.89. The first-order valence-corrected chi connectivity index (χ1v) is 3.44. The molecule has 0 radical (unpaired) electrons. The SMILES string of the molecule is O=C1C=CC=CC=NC=CC1. The van der Waals surface area contributed by atoms with Crippen LogP contribution in [0.5, 0.6) is 0 Å². The lowest BCUT2D eigenvalue weighted by Crippen LogP contribution is -1.88. The normalized spacial score (nSPS) is 17.3. The molecule has 1 rings (SSSR count). The van der Waals surface area contributed by atoms with Gasteiger partial charge in [0.15, 0.2) is 5.78 Å². The van der Waals surface area contributed by atoms with Crippen LogP contribution in [0.15, 0.2) is 41.6 Å². The highest BCUT2D eigenvalue weighted by Crippen LogP contribution is 1.90. The summed E-state index contributed by atoms with van der Waals surface area (Å²) in [7, 11) is 0. The Balaban J connectivity index is 2.69. The highest BCUT2D eigenvalue weighted by atomic mass is 16.1. The van der Waals surface area contributed by atoms with Crippen molar-refractivity contribution >= 4 is 12.0 Å². The lowest BCUT2D eigenvalue weighted by atomic mass is 10.2. The van der Waals surface area contributed by atoms with Crippen LogP contribution in [0.2, 0.25) is 0 Å². The Hall–Kier alpha value is -1.44. The average molecular weight is 147 g/mol. The molecule has 0 atom stereocenters. The van der Waals surface area contributed by atoms with E-state index >= 15 is 0 Å². The predicted octanol–water partition coefficient (Wildman–Crippen LogP) is 1.66. The van der Waals surface area contributed by atoms with Crippen LogP contribution in [-0.2, 0) is 4.79 Å². The summed E-state index contributed by atoms with van der Waals surface area (Å²) >= 11 is 0. The van der Waals surface area contributed by atoms with Gasteiger partial charge in [0.05, 0.1) is 0 Å². The molecule has 1 aliphatic heterocycles. The van der Waals surface area contributed by atoms with Gasteiger partial charge in [0, 0.05) is 18.8 Å². The van der Waals surface area contributed by atoms with Crippen molar-refractivity contribution in [2.75, 3.05) is 0 Å². The van der Waals surface area contributed by atoms with Gasteiger partial charge in [0.25, 0.3) is 0 Å². The molecule has 0 aromatic carbocycles. The Labute approximate surface area is 65.6 Å². The van der Waals surface area contributed by atoms with Gasteiger partial charge in [0.1, 0.15) is 0 Å². The second kappa shape index (κ2) is 4.39. The summed E-state index contributed by atoms with van der Waals surface area (Å²) in [6, 6.07) is 0. The van der Waals surface area contributed by atoms with E-state index in [0.717, 1.165) is 0 Å². The lowest BCUT2D eigenvalue weighted by molar-refractivity contribution is -0.113. The van der Waals surface area contributed by atoms with Gasteiger partial charge in [-0.25, -0.2) is 0 Å². The van der Waals surface area contributed by atoms with Crippen LogP contribution in [0.25, 0.3) is 0 Å². The summed E-state index contributed by atoms with van der Waals surface area (Å²) in [6.07, 6.45) is 12.3. The molecule has 0 aliphatic carbocycles. The standard InChI is InChI=1S/C9H9NO/c11-9-5-2-1-3-7-10-8-4-6-9/h1-5,7-8H,6H2. The zero-order valence-corrected chi connectivity index (χ0v) is 6.10. The van der Waals surface area contributed by atoms with Crippen molar-refractivity contribution in [2.45, 2.75) is 6.42 Å². The molecular formula is C9H9NO. The van der Waals surface area contributed by atoms with Crippen LogP contribution in [0.1, 0.15) is 6.42 Å². The third-order valence-electron chi connectivity index (χ3n) is 1.19. The third kappa shape index (κ3) is 3.30. The van der Waals surface area contributed by atoms with Crippen LogP contribution >= 0.6 is 0 Å². The first kappa shape index (κ1) is 7.66. The van der Waals surface area contributed by atoms with E-state index in [2.05, 4.69) is 4.99 Å². The third-order valence-corrected chi connectivity index (χ3v) is 1.19. The van der Waals surface area contributed by atoms with Crippen molar-refractivity contribution in [1.29, 1.82) is 0 Å². The van der Waals surface area contributed by atoms with E-state index in [0.29, 0.717) is 6.42 Å². The molecule has 0 N–H and O–H groups in total. The lowest BCUT2D eigenvalue weighted by Gasteiger charge is -1.85. The van der Waals surface area contributed by atoms with Crippen molar-refractivity contribution in [3.63, 3.8) is 0 Å². The van der Waals surface area contributed by atoms with Crippen LogP contribution in [-0.4, -0.2) is 12.0 Å². The van der Waals surface area contributed by atoms with E-state index in [-0.39, 0.29) is 5.78 Å². The minimum Gasteiger partial charge on any atom is -0.295 e. The zero-order valence-electron chi connectivity index (χ0n) is 6.10. The number of hydrogen-bond acceptors (Lipinski definition) is 2. The Bertz CT molecular complexity index is 246. The summed E-state index contributed by atoms with van der Waals surface area (Å²) in [4.78, 5) is 14.8. The van der Waals surface area contributed by atoms with E-state index in [1.54, 1.807) is 42.8 Å². The number of carbonyl (C=O) groups is 1. The largest absolute Gasteiger partial charge is 0.295 e. The van der Waals surface area contributed by atoms with Gasteiger partial charge in [-0.2, -0.15) is 0 Å². The van der Waals surface area contributed by atoms with Crippen molar-refractivity contribution in [1.82, 2.24) is 0 Å². The summed E-state index contributed by atoms with van der Waals surface area (Å²) in [5.74, 6) is 0.100. The van der Waals surface area contributed by atoms with Crippen molar-refractivity contribution in [3.05, 3.63) is 36.6 Å². The molecule has 0 amide bonds. The monoisotopic (exact) mass is 147 g/mol. The van der Waals surface area contributed by atoms with E-state index in [4.69, 9.17) is 0 Å². The summed E-state index contributed by atoms with van der Waals surface area (Å²) < 4.78 is 0. The number of rotatable bonds is 0. The Kier molecular flexibility index (Phi) is 3.06. The number of nitrogens with zero attached hydrogens (tertiary/aromatic N) is 1. The van der Waals surface area contributed by atoms with Crippen LogP contribution in [0.4, 0.5) is 0 Å². The second-order valence-electron chi connectivity index (χ2n) is 2.10. The molecule has 0 fully saturated rings. The van der Waals surface area contributed by atoms with Crippen molar-refractivity contribution in [2.24, 2.45) is 4.99 Å².